The molecule has 1 N–H and O–H groups in total. The molecular formula is C22H28FN3O5S. The van der Waals surface area contributed by atoms with Gasteiger partial charge in [0.1, 0.15) is 17.3 Å². The topological polar surface area (TPSA) is 88.2 Å². The summed E-state index contributed by atoms with van der Waals surface area (Å²) < 4.78 is 51.9. The van der Waals surface area contributed by atoms with Crippen molar-refractivity contribution in [1.29, 1.82) is 0 Å². The van der Waals surface area contributed by atoms with Crippen LogP contribution in [-0.4, -0.2) is 71.1 Å². The van der Waals surface area contributed by atoms with Gasteiger partial charge in [0.25, 0.3) is 5.91 Å². The molecule has 3 rings (SSSR count). The maximum atomic E-state index is 14.4. The summed E-state index contributed by atoms with van der Waals surface area (Å²) in [5.41, 5.74) is 0.728. The SMILES string of the molecule is CCNS(=O)(=O)c1ccc(F)c(C(=O)N2CCN(Cc3cc(OC)ccc3OC)CC2)c1. The Kier molecular flexibility index (Phi) is 7.70. The van der Waals surface area contributed by atoms with Crippen LogP contribution in [0.5, 0.6) is 11.5 Å². The number of nitrogens with one attached hydrogen (secondary N) is 1. The Labute approximate surface area is 188 Å². The van der Waals surface area contributed by atoms with Crippen LogP contribution in [0.15, 0.2) is 41.3 Å². The highest BCUT2D eigenvalue weighted by Crippen LogP contribution is 2.26. The molecule has 0 atom stereocenters. The molecule has 1 heterocycles. The second-order valence-electron chi connectivity index (χ2n) is 7.39. The minimum absolute atomic E-state index is 0.132. The maximum Gasteiger partial charge on any atom is 0.256 e. The lowest BCUT2D eigenvalue weighted by Crippen LogP contribution is -2.48. The first kappa shape index (κ1) is 24.0. The van der Waals surface area contributed by atoms with Gasteiger partial charge in [-0.15, -0.1) is 0 Å². The van der Waals surface area contributed by atoms with Gasteiger partial charge in [-0.1, -0.05) is 6.92 Å². The Hall–Kier alpha value is -2.69. The van der Waals surface area contributed by atoms with Crippen LogP contribution in [0.4, 0.5) is 4.39 Å². The number of nitrogens with zero attached hydrogens (tertiary/aromatic N) is 2. The van der Waals surface area contributed by atoms with Crippen LogP contribution in [0.2, 0.25) is 0 Å². The molecule has 1 aliphatic rings. The molecule has 0 aromatic heterocycles. The first-order valence-electron chi connectivity index (χ1n) is 10.3. The second kappa shape index (κ2) is 10.3. The Bertz CT molecular complexity index is 1070. The molecule has 0 aliphatic carbocycles. The summed E-state index contributed by atoms with van der Waals surface area (Å²) in [6.45, 7) is 4.43. The number of hydrogen-bond donors (Lipinski definition) is 1. The zero-order valence-electron chi connectivity index (χ0n) is 18.4. The van der Waals surface area contributed by atoms with Crippen molar-refractivity contribution in [3.05, 3.63) is 53.3 Å². The molecule has 1 amide bonds. The number of hydrogen-bond acceptors (Lipinski definition) is 6. The predicted molar refractivity (Wildman–Crippen MR) is 118 cm³/mol. The number of sulfonamides is 1. The average molecular weight is 466 g/mol. The number of amides is 1. The zero-order chi connectivity index (χ0) is 23.3. The summed E-state index contributed by atoms with van der Waals surface area (Å²) in [5, 5.41) is 0. The first-order valence-corrected chi connectivity index (χ1v) is 11.8. The lowest BCUT2D eigenvalue weighted by Gasteiger charge is -2.35. The molecule has 8 nitrogen and oxygen atoms in total. The van der Waals surface area contributed by atoms with Gasteiger partial charge in [-0.25, -0.2) is 17.5 Å². The van der Waals surface area contributed by atoms with Crippen LogP contribution in [0, 0.1) is 5.82 Å². The van der Waals surface area contributed by atoms with Crippen LogP contribution in [0.3, 0.4) is 0 Å². The van der Waals surface area contributed by atoms with Gasteiger partial charge in [0.2, 0.25) is 10.0 Å². The fourth-order valence-electron chi connectivity index (χ4n) is 3.63. The van der Waals surface area contributed by atoms with E-state index in [0.29, 0.717) is 32.7 Å². The quantitative estimate of drug-likeness (QED) is 0.643. The van der Waals surface area contributed by atoms with E-state index in [2.05, 4.69) is 9.62 Å². The van der Waals surface area contributed by atoms with E-state index < -0.39 is 21.7 Å². The average Bonchev–Trinajstić information content (AvgIpc) is 2.79. The highest BCUT2D eigenvalue weighted by Gasteiger charge is 2.26. The molecule has 10 heteroatoms. The second-order valence-corrected chi connectivity index (χ2v) is 9.16. The number of rotatable bonds is 8. The van der Waals surface area contributed by atoms with Gasteiger partial charge in [-0.05, 0) is 36.4 Å². The van der Waals surface area contributed by atoms with Gasteiger partial charge in [-0.3, -0.25) is 9.69 Å². The normalized spacial score (nSPS) is 14.9. The molecule has 0 radical (unpaired) electrons. The highest BCUT2D eigenvalue weighted by atomic mass is 32.2. The molecule has 0 unspecified atom stereocenters. The van der Waals surface area contributed by atoms with Crippen LogP contribution in [0.1, 0.15) is 22.8 Å². The summed E-state index contributed by atoms with van der Waals surface area (Å²) >= 11 is 0. The first-order chi connectivity index (χ1) is 15.3. The van der Waals surface area contributed by atoms with Crippen LogP contribution >= 0.6 is 0 Å². The van der Waals surface area contributed by atoms with Gasteiger partial charge in [0.15, 0.2) is 0 Å². The van der Waals surface area contributed by atoms with E-state index in [4.69, 9.17) is 9.47 Å². The Balaban J connectivity index is 1.69. The lowest BCUT2D eigenvalue weighted by molar-refractivity contribution is 0.0622. The molecule has 32 heavy (non-hydrogen) atoms. The van der Waals surface area contributed by atoms with E-state index >= 15 is 0 Å². The third-order valence-corrected chi connectivity index (χ3v) is 6.90. The Morgan fingerprint density at radius 3 is 2.41 bits per heavy atom. The molecule has 1 aliphatic heterocycles. The Morgan fingerprint density at radius 1 is 1.06 bits per heavy atom. The standard InChI is InChI=1S/C22H28FN3O5S/c1-4-24-32(28,29)18-6-7-20(23)19(14-18)22(27)26-11-9-25(10-12-26)15-16-13-17(30-2)5-8-21(16)31-3/h5-8,13-14,24H,4,9-12,15H2,1-3H3. The number of carbonyl (C=O) groups excluding carboxylic acids is 1. The van der Waals surface area contributed by atoms with Crippen LogP contribution in [0.25, 0.3) is 0 Å². The van der Waals surface area contributed by atoms with Gasteiger partial charge in [-0.2, -0.15) is 0 Å². The van der Waals surface area contributed by atoms with E-state index in [9.17, 15) is 17.6 Å². The molecular weight excluding hydrogens is 437 g/mol. The fraction of sp³-hybridized carbons (Fsp3) is 0.409. The number of methoxy groups -OCH3 is 2. The Morgan fingerprint density at radius 2 is 1.78 bits per heavy atom. The minimum atomic E-state index is -3.79. The molecule has 2 aromatic rings. The molecule has 0 spiro atoms. The van der Waals surface area contributed by atoms with E-state index in [-0.39, 0.29) is 17.0 Å². The van der Waals surface area contributed by atoms with E-state index in [1.807, 2.05) is 18.2 Å². The number of benzene rings is 2. The molecule has 0 saturated carbocycles. The number of ether oxygens (including phenoxy) is 2. The lowest BCUT2D eigenvalue weighted by atomic mass is 10.1. The highest BCUT2D eigenvalue weighted by molar-refractivity contribution is 7.89. The molecule has 2 aromatic carbocycles. The smallest absolute Gasteiger partial charge is 0.256 e. The van der Waals surface area contributed by atoms with Gasteiger partial charge in [0, 0.05) is 44.8 Å². The predicted octanol–water partition coefficient (Wildman–Crippen LogP) is 2.10. The molecule has 0 bridgehead atoms. The molecule has 1 fully saturated rings. The number of piperazine rings is 1. The summed E-state index contributed by atoms with van der Waals surface area (Å²) in [6.07, 6.45) is 0. The molecule has 1 saturated heterocycles. The van der Waals surface area contributed by atoms with Crippen molar-refractivity contribution in [1.82, 2.24) is 14.5 Å². The van der Waals surface area contributed by atoms with Gasteiger partial charge in [0.05, 0.1) is 24.7 Å². The van der Waals surface area contributed by atoms with Gasteiger partial charge >= 0.3 is 0 Å². The van der Waals surface area contributed by atoms with Crippen molar-refractivity contribution in [2.24, 2.45) is 0 Å². The summed E-state index contributed by atoms with van der Waals surface area (Å²) in [6, 6.07) is 8.88. The largest absolute Gasteiger partial charge is 0.497 e. The van der Waals surface area contributed by atoms with Crippen molar-refractivity contribution in [3.63, 3.8) is 0 Å². The third kappa shape index (κ3) is 5.37. The van der Waals surface area contributed by atoms with Crippen molar-refractivity contribution in [2.45, 2.75) is 18.4 Å². The monoisotopic (exact) mass is 465 g/mol. The molecule has 174 valence electrons. The van der Waals surface area contributed by atoms with Crippen molar-refractivity contribution in [2.75, 3.05) is 46.9 Å². The van der Waals surface area contributed by atoms with E-state index in [1.54, 1.807) is 26.0 Å². The van der Waals surface area contributed by atoms with Crippen LogP contribution < -0.4 is 14.2 Å². The summed E-state index contributed by atoms with van der Waals surface area (Å²) in [7, 11) is -0.571. The summed E-state index contributed by atoms with van der Waals surface area (Å²) in [4.78, 5) is 16.5. The number of carbonyl (C=O) groups is 1. The third-order valence-electron chi connectivity index (χ3n) is 5.35. The van der Waals surface area contributed by atoms with E-state index in [0.717, 1.165) is 35.3 Å². The van der Waals surface area contributed by atoms with Crippen LogP contribution in [-0.2, 0) is 16.6 Å². The fourth-order valence-corrected chi connectivity index (χ4v) is 4.70. The van der Waals surface area contributed by atoms with Crippen molar-refractivity contribution < 1.29 is 27.1 Å². The minimum Gasteiger partial charge on any atom is -0.497 e. The van der Waals surface area contributed by atoms with Gasteiger partial charge < -0.3 is 14.4 Å². The van der Waals surface area contributed by atoms with E-state index in [1.165, 1.54) is 0 Å². The maximum absolute atomic E-state index is 14.4. The van der Waals surface area contributed by atoms with Crippen molar-refractivity contribution in [3.8, 4) is 11.5 Å². The summed E-state index contributed by atoms with van der Waals surface area (Å²) in [5.74, 6) is 0.228. The number of halogens is 1. The van der Waals surface area contributed by atoms with Crippen molar-refractivity contribution >= 4 is 15.9 Å². The zero-order valence-corrected chi connectivity index (χ0v) is 19.2.